The molecule has 0 unspecified atom stereocenters. The molecule has 124 valence electrons. The van der Waals surface area contributed by atoms with Gasteiger partial charge < -0.3 is 20.9 Å². The van der Waals surface area contributed by atoms with Crippen molar-refractivity contribution in [1.82, 2.24) is 9.97 Å². The van der Waals surface area contributed by atoms with Gasteiger partial charge in [-0.1, -0.05) is 23.2 Å². The zero-order valence-electron chi connectivity index (χ0n) is 12.1. The first-order valence-electron chi connectivity index (χ1n) is 6.48. The molecule has 24 heavy (non-hydrogen) atoms. The number of methoxy groups -OCH3 is 1. The van der Waals surface area contributed by atoms with Crippen LogP contribution < -0.4 is 15.8 Å². The Morgan fingerprint density at radius 3 is 2.83 bits per heavy atom. The van der Waals surface area contributed by atoms with E-state index in [1.165, 1.54) is 30.8 Å². The fourth-order valence-electron chi connectivity index (χ4n) is 2.07. The van der Waals surface area contributed by atoms with Gasteiger partial charge in [0.1, 0.15) is 33.7 Å². The second-order valence-corrected chi connectivity index (χ2v) is 6.28. The maximum Gasteiger partial charge on any atom is 0.258 e. The average Bonchev–Trinajstić information content (AvgIpc) is 3.00. The van der Waals surface area contributed by atoms with Crippen molar-refractivity contribution in [3.63, 3.8) is 0 Å². The van der Waals surface area contributed by atoms with Crippen LogP contribution in [0.25, 0.3) is 10.2 Å². The molecule has 7 nitrogen and oxygen atoms in total. The van der Waals surface area contributed by atoms with Crippen molar-refractivity contribution < 1.29 is 14.6 Å². The summed E-state index contributed by atoms with van der Waals surface area (Å²) in [5.74, 6) is -0.305. The lowest BCUT2D eigenvalue weighted by Gasteiger charge is -2.13. The molecule has 0 fully saturated rings. The van der Waals surface area contributed by atoms with Gasteiger partial charge in [-0.25, -0.2) is 9.97 Å². The topological polar surface area (TPSA) is 110 Å². The lowest BCUT2D eigenvalue weighted by Crippen LogP contribution is -2.13. The molecule has 1 aromatic carbocycles. The number of thiophene rings is 1. The van der Waals surface area contributed by atoms with Crippen LogP contribution in [0.4, 0.5) is 11.5 Å². The zero-order chi connectivity index (χ0) is 17.4. The monoisotopic (exact) mass is 384 g/mol. The number of phenolic OH excluding ortho intramolecular Hbond substituents is 1. The summed E-state index contributed by atoms with van der Waals surface area (Å²) in [7, 11) is 1.38. The highest BCUT2D eigenvalue weighted by molar-refractivity contribution is 7.18. The number of hydrogen-bond acceptors (Lipinski definition) is 7. The molecule has 0 aliphatic heterocycles. The number of nitrogen functional groups attached to an aromatic ring is 1. The van der Waals surface area contributed by atoms with E-state index in [2.05, 4.69) is 15.3 Å². The van der Waals surface area contributed by atoms with Gasteiger partial charge in [-0.3, -0.25) is 4.79 Å². The number of benzene rings is 1. The Morgan fingerprint density at radius 1 is 1.38 bits per heavy atom. The number of aromatic nitrogens is 2. The van der Waals surface area contributed by atoms with Crippen molar-refractivity contribution in [3.8, 4) is 11.5 Å². The average molecular weight is 385 g/mol. The van der Waals surface area contributed by atoms with E-state index in [0.717, 1.165) is 0 Å². The van der Waals surface area contributed by atoms with Gasteiger partial charge in [-0.2, -0.15) is 0 Å². The SMILES string of the molecule is COc1cc(O)c(Cl)c(NC(=O)c2csc3c(N)ncnc23)c1Cl. The number of nitrogens with zero attached hydrogens (tertiary/aromatic N) is 2. The summed E-state index contributed by atoms with van der Waals surface area (Å²) >= 11 is 13.4. The number of hydrogen-bond donors (Lipinski definition) is 3. The molecule has 0 saturated carbocycles. The third kappa shape index (κ3) is 2.68. The molecule has 3 aromatic rings. The standard InChI is InChI=1S/C14H10Cl2N4O3S/c1-23-7-2-6(21)8(15)11(9(7)16)20-14(22)5-3-24-12-10(5)18-4-19-13(12)17/h2-4,21H,1H3,(H,20,22)(H2,17,18,19). The summed E-state index contributed by atoms with van der Waals surface area (Å²) in [5, 5.41) is 14.0. The molecule has 4 N–H and O–H groups in total. The second-order valence-electron chi connectivity index (χ2n) is 4.64. The first kappa shape index (κ1) is 16.6. The van der Waals surface area contributed by atoms with Gasteiger partial charge in [0.25, 0.3) is 5.91 Å². The number of carbonyl (C=O) groups is 1. The molecule has 0 radical (unpaired) electrons. The molecule has 0 spiro atoms. The van der Waals surface area contributed by atoms with Crippen molar-refractivity contribution in [3.05, 3.63) is 33.4 Å². The van der Waals surface area contributed by atoms with E-state index in [9.17, 15) is 9.90 Å². The summed E-state index contributed by atoms with van der Waals surface area (Å²) in [6.45, 7) is 0. The molecule has 10 heteroatoms. The summed E-state index contributed by atoms with van der Waals surface area (Å²) < 4.78 is 5.65. The first-order valence-corrected chi connectivity index (χ1v) is 8.11. The molecular weight excluding hydrogens is 375 g/mol. The maximum absolute atomic E-state index is 12.6. The van der Waals surface area contributed by atoms with E-state index in [4.69, 9.17) is 33.7 Å². The third-order valence-corrected chi connectivity index (χ3v) is 4.98. The molecule has 3 rings (SSSR count). The van der Waals surface area contributed by atoms with Crippen LogP contribution in [0.2, 0.25) is 10.0 Å². The number of nitrogens with two attached hydrogens (primary N) is 1. The summed E-state index contributed by atoms with van der Waals surface area (Å²) in [4.78, 5) is 20.5. The van der Waals surface area contributed by atoms with Crippen molar-refractivity contribution >= 4 is 62.2 Å². The van der Waals surface area contributed by atoms with Gasteiger partial charge >= 0.3 is 0 Å². The first-order chi connectivity index (χ1) is 11.4. The molecule has 2 heterocycles. The number of amides is 1. The zero-order valence-corrected chi connectivity index (χ0v) is 14.5. The highest BCUT2D eigenvalue weighted by atomic mass is 35.5. The number of nitrogens with one attached hydrogen (secondary N) is 1. The quantitative estimate of drug-likeness (QED) is 0.636. The Labute approximate surface area is 150 Å². The van der Waals surface area contributed by atoms with Crippen molar-refractivity contribution in [2.24, 2.45) is 0 Å². The number of halogens is 2. The van der Waals surface area contributed by atoms with E-state index in [0.29, 0.717) is 21.6 Å². The largest absolute Gasteiger partial charge is 0.506 e. The number of fused-ring (bicyclic) bond motifs is 1. The number of anilines is 2. The Bertz CT molecular complexity index is 961. The number of ether oxygens (including phenoxy) is 1. The molecule has 2 aromatic heterocycles. The van der Waals surface area contributed by atoms with E-state index in [1.807, 2.05) is 0 Å². The molecule has 0 atom stereocenters. The van der Waals surface area contributed by atoms with Gasteiger partial charge in [-0.05, 0) is 0 Å². The van der Waals surface area contributed by atoms with Crippen LogP contribution in [-0.4, -0.2) is 28.1 Å². The third-order valence-electron chi connectivity index (χ3n) is 3.23. The van der Waals surface area contributed by atoms with E-state index in [1.54, 1.807) is 5.38 Å². The molecule has 0 saturated heterocycles. The minimum atomic E-state index is -0.504. The number of aromatic hydroxyl groups is 1. The van der Waals surface area contributed by atoms with Crippen LogP contribution in [0.3, 0.4) is 0 Å². The predicted octanol–water partition coefficient (Wildman–Crippen LogP) is 3.55. The fourth-order valence-corrected chi connectivity index (χ4v) is 3.49. The van der Waals surface area contributed by atoms with Crippen LogP contribution >= 0.6 is 34.5 Å². The molecule has 0 bridgehead atoms. The summed E-state index contributed by atoms with van der Waals surface area (Å²) in [6, 6.07) is 1.26. The van der Waals surface area contributed by atoms with Crippen molar-refractivity contribution in [2.45, 2.75) is 0 Å². The lowest BCUT2D eigenvalue weighted by molar-refractivity contribution is 0.102. The maximum atomic E-state index is 12.6. The molecule has 0 aliphatic carbocycles. The summed E-state index contributed by atoms with van der Waals surface area (Å²) in [5.41, 5.74) is 6.52. The highest BCUT2D eigenvalue weighted by Crippen LogP contribution is 2.44. The highest BCUT2D eigenvalue weighted by Gasteiger charge is 2.21. The van der Waals surface area contributed by atoms with Crippen molar-refractivity contribution in [1.29, 1.82) is 0 Å². The smallest absolute Gasteiger partial charge is 0.258 e. The Kier molecular flexibility index (Phi) is 4.35. The number of rotatable bonds is 3. The molecule has 1 amide bonds. The van der Waals surface area contributed by atoms with Crippen LogP contribution in [-0.2, 0) is 0 Å². The second kappa shape index (κ2) is 6.31. The number of carbonyl (C=O) groups excluding carboxylic acids is 1. The Hall–Kier alpha value is -2.29. The van der Waals surface area contributed by atoms with Gasteiger partial charge in [0, 0.05) is 11.4 Å². The van der Waals surface area contributed by atoms with Crippen LogP contribution in [0.15, 0.2) is 17.8 Å². The normalized spacial score (nSPS) is 10.8. The minimum absolute atomic E-state index is 0.0431. The minimum Gasteiger partial charge on any atom is -0.506 e. The predicted molar refractivity (Wildman–Crippen MR) is 94.5 cm³/mol. The van der Waals surface area contributed by atoms with Crippen LogP contribution in [0.1, 0.15) is 10.4 Å². The van der Waals surface area contributed by atoms with Crippen LogP contribution in [0, 0.1) is 0 Å². The van der Waals surface area contributed by atoms with Crippen molar-refractivity contribution in [2.75, 3.05) is 18.2 Å². The van der Waals surface area contributed by atoms with Gasteiger partial charge in [-0.15, -0.1) is 11.3 Å². The Balaban J connectivity index is 2.04. The van der Waals surface area contributed by atoms with Gasteiger partial charge in [0.2, 0.25) is 0 Å². The van der Waals surface area contributed by atoms with Gasteiger partial charge in [0.15, 0.2) is 0 Å². The summed E-state index contributed by atoms with van der Waals surface area (Å²) in [6.07, 6.45) is 1.28. The van der Waals surface area contributed by atoms with E-state index < -0.39 is 5.91 Å². The fraction of sp³-hybridized carbons (Fsp3) is 0.0714. The Morgan fingerprint density at radius 2 is 2.12 bits per heavy atom. The van der Waals surface area contributed by atoms with E-state index in [-0.39, 0.29) is 27.2 Å². The van der Waals surface area contributed by atoms with Crippen LogP contribution in [0.5, 0.6) is 11.5 Å². The van der Waals surface area contributed by atoms with Gasteiger partial charge in [0.05, 0.1) is 28.6 Å². The molecule has 0 aliphatic rings. The number of phenols is 1. The molecular formula is C14H10Cl2N4O3S. The van der Waals surface area contributed by atoms with E-state index >= 15 is 0 Å². The lowest BCUT2D eigenvalue weighted by atomic mass is 10.2.